The fourth-order valence-corrected chi connectivity index (χ4v) is 3.47. The van der Waals surface area contributed by atoms with Gasteiger partial charge in [0.25, 0.3) is 0 Å². The summed E-state index contributed by atoms with van der Waals surface area (Å²) in [6.45, 7) is 16.1. The Morgan fingerprint density at radius 2 is 1.81 bits per heavy atom. The molecule has 1 unspecified atom stereocenters. The van der Waals surface area contributed by atoms with E-state index in [1.807, 2.05) is 0 Å². The van der Waals surface area contributed by atoms with Crippen LogP contribution in [0, 0.1) is 5.92 Å². The SMILES string of the molecule is CCc1nncn1CCNC(=NCC(C)C)NCC(c1ccccc1)N(CC)CC.I. The highest BCUT2D eigenvalue weighted by Gasteiger charge is 2.18. The fraction of sp³-hybridized carbons (Fsp3) is 0.609. The molecule has 174 valence electrons. The molecule has 0 aliphatic carbocycles. The van der Waals surface area contributed by atoms with Crippen molar-refractivity contribution in [2.45, 2.75) is 53.6 Å². The second-order valence-electron chi connectivity index (χ2n) is 7.83. The number of aryl methyl sites for hydroxylation is 1. The van der Waals surface area contributed by atoms with Gasteiger partial charge in [-0.05, 0) is 24.6 Å². The number of likely N-dealkylation sites (N-methyl/N-ethyl adjacent to an activating group) is 1. The van der Waals surface area contributed by atoms with E-state index in [-0.39, 0.29) is 24.0 Å². The molecule has 0 amide bonds. The lowest BCUT2D eigenvalue weighted by molar-refractivity contribution is 0.219. The van der Waals surface area contributed by atoms with Crippen molar-refractivity contribution in [3.8, 4) is 0 Å². The van der Waals surface area contributed by atoms with E-state index in [2.05, 4.69) is 95.2 Å². The van der Waals surface area contributed by atoms with Gasteiger partial charge in [0.2, 0.25) is 0 Å². The molecule has 0 saturated carbocycles. The minimum absolute atomic E-state index is 0. The minimum atomic E-state index is 0. The van der Waals surface area contributed by atoms with Crippen LogP contribution in [0.3, 0.4) is 0 Å². The van der Waals surface area contributed by atoms with E-state index in [9.17, 15) is 0 Å². The lowest BCUT2D eigenvalue weighted by Crippen LogP contribution is -2.44. The molecule has 0 aliphatic rings. The van der Waals surface area contributed by atoms with Crippen LogP contribution in [0.2, 0.25) is 0 Å². The number of halogens is 1. The Bertz CT molecular complexity index is 741. The predicted molar refractivity (Wildman–Crippen MR) is 140 cm³/mol. The Balaban J connectivity index is 0.00000480. The number of nitrogens with one attached hydrogen (secondary N) is 2. The van der Waals surface area contributed by atoms with Gasteiger partial charge in [-0.1, -0.05) is 65.0 Å². The van der Waals surface area contributed by atoms with Crippen molar-refractivity contribution in [1.82, 2.24) is 30.3 Å². The van der Waals surface area contributed by atoms with Crippen LogP contribution in [0.25, 0.3) is 0 Å². The highest BCUT2D eigenvalue weighted by atomic mass is 127. The Hall–Kier alpha value is -1.68. The first-order valence-corrected chi connectivity index (χ1v) is 11.3. The third-order valence-electron chi connectivity index (χ3n) is 5.17. The monoisotopic (exact) mass is 541 g/mol. The van der Waals surface area contributed by atoms with E-state index in [1.54, 1.807) is 6.33 Å². The molecule has 0 saturated heterocycles. The van der Waals surface area contributed by atoms with Gasteiger partial charge in [0.05, 0.1) is 6.04 Å². The van der Waals surface area contributed by atoms with Crippen LogP contribution in [0.5, 0.6) is 0 Å². The highest BCUT2D eigenvalue weighted by Crippen LogP contribution is 2.19. The van der Waals surface area contributed by atoms with Crippen LogP contribution >= 0.6 is 24.0 Å². The molecule has 0 radical (unpaired) electrons. The molecular weight excluding hydrogens is 501 g/mol. The van der Waals surface area contributed by atoms with Crippen molar-refractivity contribution in [3.63, 3.8) is 0 Å². The molecule has 1 aromatic heterocycles. The summed E-state index contributed by atoms with van der Waals surface area (Å²) >= 11 is 0. The first-order chi connectivity index (χ1) is 14.6. The lowest BCUT2D eigenvalue weighted by atomic mass is 10.1. The number of hydrogen-bond acceptors (Lipinski definition) is 4. The summed E-state index contributed by atoms with van der Waals surface area (Å²) in [4.78, 5) is 7.28. The zero-order valence-electron chi connectivity index (χ0n) is 19.7. The quantitative estimate of drug-likeness (QED) is 0.244. The summed E-state index contributed by atoms with van der Waals surface area (Å²) < 4.78 is 2.09. The topological polar surface area (TPSA) is 70.4 Å². The van der Waals surface area contributed by atoms with Crippen LogP contribution in [0.15, 0.2) is 41.7 Å². The van der Waals surface area contributed by atoms with E-state index in [1.165, 1.54) is 5.56 Å². The Labute approximate surface area is 205 Å². The second-order valence-corrected chi connectivity index (χ2v) is 7.83. The van der Waals surface area contributed by atoms with Gasteiger partial charge in [-0.15, -0.1) is 34.2 Å². The maximum Gasteiger partial charge on any atom is 0.191 e. The van der Waals surface area contributed by atoms with Crippen molar-refractivity contribution >= 4 is 29.9 Å². The van der Waals surface area contributed by atoms with Crippen LogP contribution < -0.4 is 10.6 Å². The summed E-state index contributed by atoms with van der Waals surface area (Å²) in [6, 6.07) is 11.0. The average molecular weight is 542 g/mol. The average Bonchev–Trinajstić information content (AvgIpc) is 3.22. The predicted octanol–water partition coefficient (Wildman–Crippen LogP) is 3.73. The number of guanidine groups is 1. The molecule has 0 fully saturated rings. The van der Waals surface area contributed by atoms with Crippen LogP contribution in [-0.2, 0) is 13.0 Å². The van der Waals surface area contributed by atoms with E-state index in [4.69, 9.17) is 4.99 Å². The molecule has 8 heteroatoms. The van der Waals surface area contributed by atoms with E-state index >= 15 is 0 Å². The first kappa shape index (κ1) is 27.4. The Kier molecular flexibility index (Phi) is 13.4. The second kappa shape index (κ2) is 15.2. The van der Waals surface area contributed by atoms with Crippen molar-refractivity contribution in [3.05, 3.63) is 48.0 Å². The molecule has 1 heterocycles. The van der Waals surface area contributed by atoms with Crippen molar-refractivity contribution in [2.75, 3.05) is 32.7 Å². The maximum atomic E-state index is 4.80. The smallest absolute Gasteiger partial charge is 0.191 e. The van der Waals surface area contributed by atoms with Gasteiger partial charge in [-0.2, -0.15) is 0 Å². The number of aliphatic imine (C=N–C) groups is 1. The Morgan fingerprint density at radius 1 is 1.10 bits per heavy atom. The zero-order chi connectivity index (χ0) is 21.8. The van der Waals surface area contributed by atoms with Crippen LogP contribution in [-0.4, -0.2) is 58.3 Å². The molecule has 2 aromatic rings. The summed E-state index contributed by atoms with van der Waals surface area (Å²) in [5.41, 5.74) is 1.33. The lowest BCUT2D eigenvalue weighted by Gasteiger charge is -2.31. The van der Waals surface area contributed by atoms with E-state index in [0.717, 1.165) is 57.5 Å². The largest absolute Gasteiger partial charge is 0.355 e. The molecule has 7 nitrogen and oxygen atoms in total. The number of hydrogen-bond donors (Lipinski definition) is 2. The van der Waals surface area contributed by atoms with Gasteiger partial charge in [-0.25, -0.2) is 0 Å². The summed E-state index contributed by atoms with van der Waals surface area (Å²) in [5, 5.41) is 15.3. The maximum absolute atomic E-state index is 4.80. The minimum Gasteiger partial charge on any atom is -0.355 e. The van der Waals surface area contributed by atoms with Gasteiger partial charge in [-0.3, -0.25) is 9.89 Å². The van der Waals surface area contributed by atoms with Crippen molar-refractivity contribution in [1.29, 1.82) is 0 Å². The molecule has 2 N–H and O–H groups in total. The van der Waals surface area contributed by atoms with Gasteiger partial charge in [0.1, 0.15) is 12.2 Å². The molecular formula is C23H40IN7. The van der Waals surface area contributed by atoms with Crippen molar-refractivity contribution < 1.29 is 0 Å². The third-order valence-corrected chi connectivity index (χ3v) is 5.17. The van der Waals surface area contributed by atoms with Gasteiger partial charge < -0.3 is 15.2 Å². The molecule has 0 spiro atoms. The molecule has 0 aliphatic heterocycles. The summed E-state index contributed by atoms with van der Waals surface area (Å²) in [6.07, 6.45) is 2.68. The normalized spacial score (nSPS) is 12.7. The number of benzene rings is 1. The van der Waals surface area contributed by atoms with Gasteiger partial charge >= 0.3 is 0 Å². The third kappa shape index (κ3) is 9.14. The van der Waals surface area contributed by atoms with Crippen LogP contribution in [0.4, 0.5) is 0 Å². The summed E-state index contributed by atoms with van der Waals surface area (Å²) in [7, 11) is 0. The van der Waals surface area contributed by atoms with E-state index < -0.39 is 0 Å². The fourth-order valence-electron chi connectivity index (χ4n) is 3.47. The van der Waals surface area contributed by atoms with Crippen molar-refractivity contribution in [2.24, 2.45) is 10.9 Å². The van der Waals surface area contributed by atoms with Gasteiger partial charge in [0.15, 0.2) is 5.96 Å². The molecule has 1 aromatic carbocycles. The zero-order valence-corrected chi connectivity index (χ0v) is 22.0. The number of nitrogens with zero attached hydrogens (tertiary/aromatic N) is 5. The highest BCUT2D eigenvalue weighted by molar-refractivity contribution is 14.0. The summed E-state index contributed by atoms with van der Waals surface area (Å²) in [5.74, 6) is 2.39. The van der Waals surface area contributed by atoms with E-state index in [0.29, 0.717) is 12.0 Å². The van der Waals surface area contributed by atoms with Crippen LogP contribution in [0.1, 0.15) is 52.0 Å². The molecule has 1 atom stereocenters. The number of aromatic nitrogens is 3. The molecule has 31 heavy (non-hydrogen) atoms. The standard InChI is InChI=1S/C23H39N7.HI/c1-6-22-28-27-18-30(22)15-14-24-23(25-16-19(4)5)26-17-21(29(7-2)8-3)20-12-10-9-11-13-20;/h9-13,18-19,21H,6-8,14-17H2,1-5H3,(H2,24,25,26);1H. The van der Waals surface area contributed by atoms with Gasteiger partial charge in [0, 0.05) is 32.6 Å². The number of rotatable bonds is 12. The molecule has 2 rings (SSSR count). The Morgan fingerprint density at radius 3 is 2.42 bits per heavy atom. The molecule has 0 bridgehead atoms. The first-order valence-electron chi connectivity index (χ1n) is 11.3.